The molecule has 6 nitrogen and oxygen atoms in total. The number of hydrogen-bond acceptors (Lipinski definition) is 6. The number of alkyl halides is 3. The van der Waals surface area contributed by atoms with Crippen molar-refractivity contribution in [2.75, 3.05) is 50.7 Å². The number of nitrogens with zero attached hydrogens (tertiary/aromatic N) is 4. The molecule has 1 N–H and O–H groups in total. The first-order valence-corrected chi connectivity index (χ1v) is 10.9. The molecule has 11 heteroatoms. The molecule has 4 rings (SSSR count). The second kappa shape index (κ2) is 11.3. The number of benzene rings is 1. The molecule has 182 valence electrons. The average molecular weight is 490 g/mol. The van der Waals surface area contributed by atoms with E-state index in [2.05, 4.69) is 20.2 Å². The molecule has 0 saturated carbocycles. The van der Waals surface area contributed by atoms with Crippen molar-refractivity contribution in [3.05, 3.63) is 41.8 Å². The summed E-state index contributed by atoms with van der Waals surface area (Å²) in [4.78, 5) is 12.2. The molecule has 0 aliphatic carbocycles. The van der Waals surface area contributed by atoms with Crippen molar-refractivity contribution in [1.82, 2.24) is 20.2 Å². The van der Waals surface area contributed by atoms with Crippen molar-refractivity contribution in [2.45, 2.75) is 25.4 Å². The van der Waals surface area contributed by atoms with E-state index in [4.69, 9.17) is 4.74 Å². The lowest BCUT2D eigenvalue weighted by atomic mass is 9.96. The van der Waals surface area contributed by atoms with Crippen LogP contribution in [0.25, 0.3) is 0 Å². The number of ether oxygens (including phenoxy) is 1. The van der Waals surface area contributed by atoms with Gasteiger partial charge in [0.2, 0.25) is 11.8 Å². The normalized spacial score (nSPS) is 18.5. The van der Waals surface area contributed by atoms with Crippen LogP contribution in [-0.2, 0) is 6.18 Å². The van der Waals surface area contributed by atoms with E-state index in [1.807, 2.05) is 0 Å². The van der Waals surface area contributed by atoms with E-state index in [1.165, 1.54) is 18.2 Å². The van der Waals surface area contributed by atoms with Gasteiger partial charge in [0.05, 0.1) is 0 Å². The van der Waals surface area contributed by atoms with Crippen LogP contribution in [-0.4, -0.2) is 60.7 Å². The zero-order chi connectivity index (χ0) is 22.6. The summed E-state index contributed by atoms with van der Waals surface area (Å²) in [6.45, 7) is 6.30. The highest BCUT2D eigenvalue weighted by atomic mass is 35.5. The number of halogens is 5. The standard InChI is InChI=1S/C22H27F4N5O.ClH/c23-17-3-1-4-18(13-17)32-20-14-19(22(24,25)26)28-21(29-20)31-10-5-16(6-11-31)15-30-9-2-7-27-8-12-30;/h1,3-4,13-14,16,27H,2,5-12,15H2;1H. The Morgan fingerprint density at radius 2 is 1.82 bits per heavy atom. The highest BCUT2D eigenvalue weighted by molar-refractivity contribution is 5.85. The zero-order valence-corrected chi connectivity index (χ0v) is 19.0. The predicted molar refractivity (Wildman–Crippen MR) is 120 cm³/mol. The molecular formula is C22H28ClF4N5O. The van der Waals surface area contributed by atoms with Gasteiger partial charge >= 0.3 is 6.18 Å². The fraction of sp³-hybridized carbons (Fsp3) is 0.545. The van der Waals surface area contributed by atoms with Gasteiger partial charge < -0.3 is 19.9 Å². The number of aromatic nitrogens is 2. The van der Waals surface area contributed by atoms with E-state index >= 15 is 0 Å². The summed E-state index contributed by atoms with van der Waals surface area (Å²) in [7, 11) is 0. The maximum atomic E-state index is 13.4. The van der Waals surface area contributed by atoms with Crippen LogP contribution < -0.4 is 15.0 Å². The number of anilines is 1. The summed E-state index contributed by atoms with van der Waals surface area (Å²) in [6.07, 6.45) is -1.78. The van der Waals surface area contributed by atoms with Gasteiger partial charge in [-0.15, -0.1) is 12.4 Å². The van der Waals surface area contributed by atoms with Gasteiger partial charge in [0.25, 0.3) is 0 Å². The SMILES string of the molecule is Cl.Fc1cccc(Oc2cc(C(F)(F)F)nc(N3CCC(CN4CCCNCC4)CC3)n2)c1. The molecule has 3 heterocycles. The Morgan fingerprint density at radius 3 is 2.55 bits per heavy atom. The van der Waals surface area contributed by atoms with E-state index in [9.17, 15) is 17.6 Å². The number of rotatable bonds is 5. The lowest BCUT2D eigenvalue weighted by Gasteiger charge is -2.34. The van der Waals surface area contributed by atoms with Crippen LogP contribution in [0.5, 0.6) is 11.6 Å². The molecule has 1 aromatic heterocycles. The summed E-state index contributed by atoms with van der Waals surface area (Å²) < 4.78 is 59.2. The summed E-state index contributed by atoms with van der Waals surface area (Å²) in [6, 6.07) is 5.95. The minimum Gasteiger partial charge on any atom is -0.439 e. The molecular weight excluding hydrogens is 462 g/mol. The molecule has 0 bridgehead atoms. The highest BCUT2D eigenvalue weighted by Crippen LogP contribution is 2.33. The van der Waals surface area contributed by atoms with E-state index in [0.717, 1.165) is 64.1 Å². The van der Waals surface area contributed by atoms with Gasteiger partial charge in [0.1, 0.15) is 11.6 Å². The second-order valence-electron chi connectivity index (χ2n) is 8.28. The average Bonchev–Trinajstić information content (AvgIpc) is 3.02. The van der Waals surface area contributed by atoms with Crippen molar-refractivity contribution >= 4 is 18.4 Å². The van der Waals surface area contributed by atoms with Crippen LogP contribution in [0, 0.1) is 11.7 Å². The molecule has 0 radical (unpaired) electrons. The van der Waals surface area contributed by atoms with E-state index in [-0.39, 0.29) is 30.0 Å². The van der Waals surface area contributed by atoms with E-state index in [0.29, 0.717) is 19.0 Å². The highest BCUT2D eigenvalue weighted by Gasteiger charge is 2.35. The third-order valence-corrected chi connectivity index (χ3v) is 5.85. The first-order valence-electron chi connectivity index (χ1n) is 10.9. The fourth-order valence-corrected chi connectivity index (χ4v) is 4.17. The fourth-order valence-electron chi connectivity index (χ4n) is 4.17. The minimum absolute atomic E-state index is 0. The van der Waals surface area contributed by atoms with Crippen LogP contribution >= 0.6 is 12.4 Å². The quantitative estimate of drug-likeness (QED) is 0.630. The first-order chi connectivity index (χ1) is 15.4. The largest absolute Gasteiger partial charge is 0.439 e. The van der Waals surface area contributed by atoms with Crippen molar-refractivity contribution in [2.24, 2.45) is 5.92 Å². The molecule has 33 heavy (non-hydrogen) atoms. The Kier molecular flexibility index (Phi) is 8.72. The Morgan fingerprint density at radius 1 is 1.03 bits per heavy atom. The van der Waals surface area contributed by atoms with Crippen molar-refractivity contribution in [3.63, 3.8) is 0 Å². The smallest absolute Gasteiger partial charge is 0.433 e. The topological polar surface area (TPSA) is 53.5 Å². The molecule has 1 aromatic carbocycles. The number of hydrogen-bond donors (Lipinski definition) is 1. The third-order valence-electron chi connectivity index (χ3n) is 5.85. The van der Waals surface area contributed by atoms with Gasteiger partial charge in [-0.1, -0.05) is 6.07 Å². The van der Waals surface area contributed by atoms with Gasteiger partial charge in [0, 0.05) is 44.9 Å². The maximum Gasteiger partial charge on any atom is 0.433 e. The minimum atomic E-state index is -4.64. The molecule has 0 spiro atoms. The lowest BCUT2D eigenvalue weighted by Crippen LogP contribution is -2.40. The summed E-state index contributed by atoms with van der Waals surface area (Å²) in [5.74, 6) is -0.238. The summed E-state index contributed by atoms with van der Waals surface area (Å²) in [5.41, 5.74) is -1.08. The van der Waals surface area contributed by atoms with Gasteiger partial charge in [-0.05, 0) is 50.4 Å². The van der Waals surface area contributed by atoms with Crippen LogP contribution in [0.2, 0.25) is 0 Å². The molecule has 2 saturated heterocycles. The molecule has 0 unspecified atom stereocenters. The van der Waals surface area contributed by atoms with Gasteiger partial charge in [-0.2, -0.15) is 18.2 Å². The van der Waals surface area contributed by atoms with Gasteiger partial charge in [-0.3, -0.25) is 0 Å². The molecule has 2 aliphatic rings. The van der Waals surface area contributed by atoms with Crippen molar-refractivity contribution in [1.29, 1.82) is 0 Å². The summed E-state index contributed by atoms with van der Waals surface area (Å²) >= 11 is 0. The van der Waals surface area contributed by atoms with E-state index in [1.54, 1.807) is 4.90 Å². The van der Waals surface area contributed by atoms with Crippen LogP contribution in [0.15, 0.2) is 30.3 Å². The summed E-state index contributed by atoms with van der Waals surface area (Å²) in [5, 5.41) is 3.40. The maximum absolute atomic E-state index is 13.4. The van der Waals surface area contributed by atoms with Crippen LogP contribution in [0.1, 0.15) is 25.0 Å². The molecule has 2 aromatic rings. The Bertz CT molecular complexity index is 901. The molecule has 2 fully saturated rings. The first kappa shape index (κ1) is 25.5. The Hall–Kier alpha value is -2.17. The molecule has 2 aliphatic heterocycles. The van der Waals surface area contributed by atoms with E-state index < -0.39 is 17.7 Å². The van der Waals surface area contributed by atoms with Crippen LogP contribution in [0.4, 0.5) is 23.5 Å². The lowest BCUT2D eigenvalue weighted by molar-refractivity contribution is -0.141. The Balaban J connectivity index is 0.00000306. The predicted octanol–water partition coefficient (Wildman–Crippen LogP) is 4.36. The molecule has 0 amide bonds. The monoisotopic (exact) mass is 489 g/mol. The van der Waals surface area contributed by atoms with Crippen molar-refractivity contribution < 1.29 is 22.3 Å². The van der Waals surface area contributed by atoms with Crippen LogP contribution in [0.3, 0.4) is 0 Å². The third kappa shape index (κ3) is 7.15. The number of piperidine rings is 1. The zero-order valence-electron chi connectivity index (χ0n) is 18.2. The van der Waals surface area contributed by atoms with Gasteiger partial charge in [-0.25, -0.2) is 9.37 Å². The Labute approximate surface area is 196 Å². The number of nitrogens with one attached hydrogen (secondary N) is 1. The van der Waals surface area contributed by atoms with Crippen molar-refractivity contribution in [3.8, 4) is 11.6 Å². The second-order valence-corrected chi connectivity index (χ2v) is 8.28. The molecule has 0 atom stereocenters. The van der Waals surface area contributed by atoms with Gasteiger partial charge in [0.15, 0.2) is 5.69 Å².